The number of pyridine rings is 1. The van der Waals surface area contributed by atoms with Gasteiger partial charge in [0.1, 0.15) is 11.9 Å². The molecule has 0 aliphatic carbocycles. The van der Waals surface area contributed by atoms with Crippen LogP contribution in [0.5, 0.6) is 0 Å². The summed E-state index contributed by atoms with van der Waals surface area (Å²) in [5.41, 5.74) is 1.69. The van der Waals surface area contributed by atoms with E-state index in [9.17, 15) is 9.90 Å². The average molecular weight is 329 g/mol. The Morgan fingerprint density at radius 3 is 3.00 bits per heavy atom. The number of amides is 2. The van der Waals surface area contributed by atoms with Crippen molar-refractivity contribution in [1.82, 2.24) is 19.4 Å². The summed E-state index contributed by atoms with van der Waals surface area (Å²) in [6.07, 6.45) is 7.96. The Morgan fingerprint density at radius 2 is 2.29 bits per heavy atom. The van der Waals surface area contributed by atoms with E-state index >= 15 is 0 Å². The van der Waals surface area contributed by atoms with Crippen LogP contribution >= 0.6 is 0 Å². The van der Waals surface area contributed by atoms with Crippen LogP contribution < -0.4 is 5.32 Å². The number of piperidine rings is 1. The van der Waals surface area contributed by atoms with Crippen molar-refractivity contribution in [3.8, 4) is 0 Å². The Morgan fingerprint density at radius 1 is 1.46 bits per heavy atom. The number of nitrogens with zero attached hydrogens (tertiary/aromatic N) is 4. The van der Waals surface area contributed by atoms with Gasteiger partial charge >= 0.3 is 6.03 Å². The highest BCUT2D eigenvalue weighted by Gasteiger charge is 2.31. The number of nitrogens with one attached hydrogen (secondary N) is 1. The molecule has 0 spiro atoms. The van der Waals surface area contributed by atoms with E-state index in [2.05, 4.69) is 15.3 Å². The molecule has 2 N–H and O–H groups in total. The fourth-order valence-corrected chi connectivity index (χ4v) is 3.13. The van der Waals surface area contributed by atoms with Gasteiger partial charge in [-0.3, -0.25) is 4.98 Å². The zero-order valence-corrected chi connectivity index (χ0v) is 14.0. The molecule has 1 aliphatic heterocycles. The zero-order valence-electron chi connectivity index (χ0n) is 14.0. The summed E-state index contributed by atoms with van der Waals surface area (Å²) in [4.78, 5) is 22.6. The molecule has 1 saturated heterocycles. The van der Waals surface area contributed by atoms with Gasteiger partial charge in [-0.05, 0) is 31.4 Å². The molecule has 2 aromatic rings. The van der Waals surface area contributed by atoms with Crippen LogP contribution in [0.4, 0.5) is 10.5 Å². The number of carbonyl (C=O) groups excluding carboxylic acids is 1. The fraction of sp³-hybridized carbons (Fsp3) is 0.471. The number of hydrogen-bond donors (Lipinski definition) is 2. The van der Waals surface area contributed by atoms with Crippen LogP contribution in [-0.2, 0) is 7.05 Å². The smallest absolute Gasteiger partial charge is 0.321 e. The molecule has 2 unspecified atom stereocenters. The third-order valence-corrected chi connectivity index (χ3v) is 4.58. The summed E-state index contributed by atoms with van der Waals surface area (Å²) in [6.45, 7) is 3.12. The number of aromatic nitrogens is 3. The normalized spacial score (nSPS) is 19.1. The monoisotopic (exact) mass is 329 g/mol. The van der Waals surface area contributed by atoms with Gasteiger partial charge in [0.05, 0.1) is 0 Å². The van der Waals surface area contributed by atoms with Crippen molar-refractivity contribution in [2.24, 2.45) is 13.0 Å². The lowest BCUT2D eigenvalue weighted by Crippen LogP contribution is -2.44. The number of aliphatic hydroxyl groups excluding tert-OH is 1. The minimum Gasteiger partial charge on any atom is -0.385 e. The quantitative estimate of drug-likeness (QED) is 0.903. The second-order valence-electron chi connectivity index (χ2n) is 6.31. The molecule has 1 fully saturated rings. The van der Waals surface area contributed by atoms with E-state index in [0.29, 0.717) is 18.9 Å². The molecule has 0 aromatic carbocycles. The first-order chi connectivity index (χ1) is 11.6. The molecular weight excluding hydrogens is 306 g/mol. The van der Waals surface area contributed by atoms with Gasteiger partial charge in [0.15, 0.2) is 0 Å². The molecule has 0 saturated carbocycles. The number of aryl methyl sites for hydroxylation is 2. The lowest BCUT2D eigenvalue weighted by Gasteiger charge is -2.35. The summed E-state index contributed by atoms with van der Waals surface area (Å²) in [6, 6.07) is 1.65. The van der Waals surface area contributed by atoms with Gasteiger partial charge in [0.2, 0.25) is 0 Å². The molecule has 0 bridgehead atoms. The lowest BCUT2D eigenvalue weighted by atomic mass is 9.92. The molecule has 1 aliphatic rings. The lowest BCUT2D eigenvalue weighted by molar-refractivity contribution is 0.0552. The van der Waals surface area contributed by atoms with Crippen molar-refractivity contribution >= 4 is 11.7 Å². The second kappa shape index (κ2) is 7.00. The number of urea groups is 1. The van der Waals surface area contributed by atoms with E-state index in [-0.39, 0.29) is 11.9 Å². The molecule has 3 heterocycles. The maximum atomic E-state index is 12.5. The highest BCUT2D eigenvalue weighted by molar-refractivity contribution is 5.90. The average Bonchev–Trinajstić information content (AvgIpc) is 3.02. The standard InChI is InChI=1S/C17H23N5O2/c1-12-10-18-6-5-14(12)20-17(24)22-8-3-4-13(11-22)15(23)16-19-7-9-21(16)2/h5-7,9-10,13,15,23H,3-4,8,11H2,1-2H3,(H,18,20,24). The van der Waals surface area contributed by atoms with Gasteiger partial charge < -0.3 is 19.9 Å². The fourth-order valence-electron chi connectivity index (χ4n) is 3.13. The first-order valence-corrected chi connectivity index (χ1v) is 8.18. The van der Waals surface area contributed by atoms with Crippen molar-refractivity contribution < 1.29 is 9.90 Å². The predicted molar refractivity (Wildman–Crippen MR) is 90.5 cm³/mol. The topological polar surface area (TPSA) is 83.3 Å². The number of imidazole rings is 1. The molecule has 2 amide bonds. The molecule has 128 valence electrons. The van der Waals surface area contributed by atoms with E-state index in [1.807, 2.05) is 24.7 Å². The first kappa shape index (κ1) is 16.4. The summed E-state index contributed by atoms with van der Waals surface area (Å²) in [7, 11) is 1.87. The number of hydrogen-bond acceptors (Lipinski definition) is 4. The number of likely N-dealkylation sites (tertiary alicyclic amines) is 1. The Kier molecular flexibility index (Phi) is 4.80. The predicted octanol–water partition coefficient (Wildman–Crippen LogP) is 2.10. The Labute approximate surface area is 141 Å². The van der Waals surface area contributed by atoms with E-state index in [1.165, 1.54) is 0 Å². The molecule has 7 nitrogen and oxygen atoms in total. The van der Waals surface area contributed by atoms with Crippen LogP contribution in [-0.4, -0.2) is 43.7 Å². The molecule has 2 aromatic heterocycles. The van der Waals surface area contributed by atoms with Crippen LogP contribution in [0.25, 0.3) is 0 Å². The van der Waals surface area contributed by atoms with Crippen LogP contribution in [0.1, 0.15) is 30.3 Å². The molecular formula is C17H23N5O2. The van der Waals surface area contributed by atoms with Gasteiger partial charge in [-0.2, -0.15) is 0 Å². The minimum absolute atomic E-state index is 0.0101. The summed E-state index contributed by atoms with van der Waals surface area (Å²) in [5.74, 6) is 0.636. The minimum atomic E-state index is -0.664. The molecule has 7 heteroatoms. The highest BCUT2D eigenvalue weighted by Crippen LogP contribution is 2.29. The summed E-state index contributed by atoms with van der Waals surface area (Å²) in [5, 5.41) is 13.5. The highest BCUT2D eigenvalue weighted by atomic mass is 16.3. The maximum Gasteiger partial charge on any atom is 0.321 e. The third-order valence-electron chi connectivity index (χ3n) is 4.58. The van der Waals surface area contributed by atoms with Crippen LogP contribution in [0.2, 0.25) is 0 Å². The van der Waals surface area contributed by atoms with E-state index in [4.69, 9.17) is 0 Å². The molecule has 24 heavy (non-hydrogen) atoms. The third kappa shape index (κ3) is 3.41. The molecule has 0 radical (unpaired) electrons. The van der Waals surface area contributed by atoms with Crippen LogP contribution in [0.3, 0.4) is 0 Å². The Balaban J connectivity index is 1.66. The molecule has 3 rings (SSSR count). The van der Waals surface area contributed by atoms with Crippen molar-refractivity contribution in [2.75, 3.05) is 18.4 Å². The van der Waals surface area contributed by atoms with E-state index in [1.54, 1.807) is 29.6 Å². The van der Waals surface area contributed by atoms with Gasteiger partial charge in [0, 0.05) is 56.5 Å². The summed E-state index contributed by atoms with van der Waals surface area (Å²) >= 11 is 0. The van der Waals surface area contributed by atoms with Gasteiger partial charge in [-0.25, -0.2) is 9.78 Å². The van der Waals surface area contributed by atoms with E-state index in [0.717, 1.165) is 24.1 Å². The van der Waals surface area contributed by atoms with Crippen molar-refractivity contribution in [1.29, 1.82) is 0 Å². The van der Waals surface area contributed by atoms with Gasteiger partial charge in [-0.15, -0.1) is 0 Å². The number of anilines is 1. The van der Waals surface area contributed by atoms with Crippen molar-refractivity contribution in [2.45, 2.75) is 25.9 Å². The van der Waals surface area contributed by atoms with E-state index < -0.39 is 6.10 Å². The number of carbonyl (C=O) groups is 1. The van der Waals surface area contributed by atoms with Crippen LogP contribution in [0, 0.1) is 12.8 Å². The first-order valence-electron chi connectivity index (χ1n) is 8.18. The maximum absolute atomic E-state index is 12.5. The molecule has 2 atom stereocenters. The van der Waals surface area contributed by atoms with Crippen molar-refractivity contribution in [3.63, 3.8) is 0 Å². The van der Waals surface area contributed by atoms with Gasteiger partial charge in [0.25, 0.3) is 0 Å². The summed E-state index contributed by atoms with van der Waals surface area (Å²) < 4.78 is 1.82. The van der Waals surface area contributed by atoms with Crippen LogP contribution in [0.15, 0.2) is 30.9 Å². The van der Waals surface area contributed by atoms with Crippen molar-refractivity contribution in [3.05, 3.63) is 42.2 Å². The largest absolute Gasteiger partial charge is 0.385 e. The second-order valence-corrected chi connectivity index (χ2v) is 6.31. The SMILES string of the molecule is Cc1cnccc1NC(=O)N1CCCC(C(O)c2nccn2C)C1. The Hall–Kier alpha value is -2.41. The van der Waals surface area contributed by atoms with Gasteiger partial charge in [-0.1, -0.05) is 0 Å². The number of rotatable bonds is 3. The Bertz CT molecular complexity index is 715. The zero-order chi connectivity index (χ0) is 17.1. The number of aliphatic hydroxyl groups is 1.